The molecule has 2 aromatic heterocycles. The molecule has 3 heterocycles. The second-order valence-corrected chi connectivity index (χ2v) is 11.4. The van der Waals surface area contributed by atoms with E-state index in [2.05, 4.69) is 58.8 Å². The van der Waals surface area contributed by atoms with E-state index < -0.39 is 10.0 Å². The molecule has 3 aromatic rings. The van der Waals surface area contributed by atoms with E-state index in [9.17, 15) is 8.42 Å². The minimum Gasteiger partial charge on any atom is -0.494 e. The van der Waals surface area contributed by atoms with Crippen molar-refractivity contribution in [1.82, 2.24) is 14.9 Å². The van der Waals surface area contributed by atoms with Crippen molar-refractivity contribution < 1.29 is 13.2 Å². The van der Waals surface area contributed by atoms with Crippen LogP contribution in [0.5, 0.6) is 5.75 Å². The lowest BCUT2D eigenvalue weighted by Crippen LogP contribution is -2.29. The van der Waals surface area contributed by atoms with Gasteiger partial charge in [-0.3, -0.25) is 9.71 Å². The smallest absolute Gasteiger partial charge is 0.229 e. The van der Waals surface area contributed by atoms with Gasteiger partial charge in [-0.25, -0.2) is 8.42 Å². The molecule has 0 aliphatic carbocycles. The maximum absolute atomic E-state index is 11.8. The highest BCUT2D eigenvalue weighted by molar-refractivity contribution is 7.92. The Morgan fingerprint density at radius 2 is 1.94 bits per heavy atom. The molecular formula is C24H29N5O3S2. The number of nitrogens with zero attached hydrogens (tertiary/aromatic N) is 3. The van der Waals surface area contributed by atoms with Gasteiger partial charge in [0.05, 0.1) is 36.8 Å². The first-order valence-electron chi connectivity index (χ1n) is 10.8. The molecule has 1 fully saturated rings. The van der Waals surface area contributed by atoms with Gasteiger partial charge in [-0.15, -0.1) is 0 Å². The monoisotopic (exact) mass is 499 g/mol. The summed E-state index contributed by atoms with van der Waals surface area (Å²) in [6.45, 7) is 6.46. The molecule has 4 rings (SSSR count). The van der Waals surface area contributed by atoms with Gasteiger partial charge in [-0.05, 0) is 68.9 Å². The maximum Gasteiger partial charge on any atom is 0.229 e. The molecule has 0 amide bonds. The molecule has 2 N–H and O–H groups in total. The average Bonchev–Trinajstić information content (AvgIpc) is 3.38. The van der Waals surface area contributed by atoms with Crippen LogP contribution in [0.15, 0.2) is 61.1 Å². The lowest BCUT2D eigenvalue weighted by molar-refractivity contribution is 0.397. The lowest BCUT2D eigenvalue weighted by Gasteiger charge is -2.28. The summed E-state index contributed by atoms with van der Waals surface area (Å²) in [4.78, 5) is 6.62. The first-order chi connectivity index (χ1) is 16.0. The molecule has 0 radical (unpaired) electrons. The summed E-state index contributed by atoms with van der Waals surface area (Å²) in [6, 6.07) is 12.9. The summed E-state index contributed by atoms with van der Waals surface area (Å²) in [5, 5.41) is 3.99. The number of rotatable bonds is 6. The first-order valence-corrected chi connectivity index (χ1v) is 13.1. The predicted octanol–water partition coefficient (Wildman–Crippen LogP) is 4.20. The Balaban J connectivity index is 1.81. The number of sulfonamides is 1. The standard InChI is InChI=1S/C24H29N5O3S2/c1-24(2,3)28-13-11-16(15-28)22-21(19-8-6-7-12-25-19)26-23(33)29(22)17-9-10-18(20(14-17)32-4)27-34(5,30)31/h6-15,21-22,27H,1-5H3,(H,26,33)/t21-,22+/m1/s1. The van der Waals surface area contributed by atoms with Gasteiger partial charge in [0, 0.05) is 35.9 Å². The number of ether oxygens (including phenoxy) is 1. The van der Waals surface area contributed by atoms with Crippen LogP contribution in [0.25, 0.3) is 0 Å². The Kier molecular flexibility index (Phi) is 6.30. The van der Waals surface area contributed by atoms with Crippen LogP contribution in [0.1, 0.15) is 44.1 Å². The largest absolute Gasteiger partial charge is 0.494 e. The van der Waals surface area contributed by atoms with E-state index in [1.807, 2.05) is 29.2 Å². The highest BCUT2D eigenvalue weighted by atomic mass is 32.2. The maximum atomic E-state index is 11.8. The summed E-state index contributed by atoms with van der Waals surface area (Å²) in [7, 11) is -1.95. The Hall–Kier alpha value is -3.11. The molecule has 1 aromatic carbocycles. The Morgan fingerprint density at radius 1 is 1.18 bits per heavy atom. The minimum absolute atomic E-state index is 0.0711. The summed E-state index contributed by atoms with van der Waals surface area (Å²) >= 11 is 5.78. The summed E-state index contributed by atoms with van der Waals surface area (Å²) < 4.78 is 33.7. The first kappa shape index (κ1) is 24.0. The molecule has 1 aliphatic heterocycles. The highest BCUT2D eigenvalue weighted by Gasteiger charge is 2.41. The average molecular weight is 500 g/mol. The van der Waals surface area contributed by atoms with E-state index in [0.717, 1.165) is 23.2 Å². The SMILES string of the molecule is COc1cc(N2C(=S)N[C@H](c3ccccn3)[C@@H]2c2ccn(C(C)(C)C)c2)ccc1NS(C)(=O)=O. The normalized spacial score (nSPS) is 18.6. The molecular weight excluding hydrogens is 470 g/mol. The second-order valence-electron chi connectivity index (χ2n) is 9.28. The third-order valence-corrected chi connectivity index (χ3v) is 6.59. The molecule has 1 aliphatic rings. The number of hydrogen-bond donors (Lipinski definition) is 2. The van der Waals surface area contributed by atoms with Crippen molar-refractivity contribution in [3.8, 4) is 5.75 Å². The van der Waals surface area contributed by atoms with Crippen LogP contribution in [0, 0.1) is 0 Å². The van der Waals surface area contributed by atoms with Crippen molar-refractivity contribution in [1.29, 1.82) is 0 Å². The summed E-state index contributed by atoms with van der Waals surface area (Å²) in [6.07, 6.45) is 7.09. The van der Waals surface area contributed by atoms with Crippen LogP contribution in [0.2, 0.25) is 0 Å². The zero-order chi connectivity index (χ0) is 24.7. The van der Waals surface area contributed by atoms with E-state index in [0.29, 0.717) is 16.5 Å². The fourth-order valence-corrected chi connectivity index (χ4v) is 5.00. The van der Waals surface area contributed by atoms with Crippen LogP contribution in [-0.2, 0) is 15.6 Å². The Morgan fingerprint density at radius 3 is 2.53 bits per heavy atom. The minimum atomic E-state index is -3.45. The topological polar surface area (TPSA) is 88.5 Å². The molecule has 180 valence electrons. The van der Waals surface area contributed by atoms with Crippen molar-refractivity contribution in [2.45, 2.75) is 38.4 Å². The van der Waals surface area contributed by atoms with E-state index in [1.54, 1.807) is 18.3 Å². The zero-order valence-electron chi connectivity index (χ0n) is 19.8. The van der Waals surface area contributed by atoms with Crippen molar-refractivity contribution in [2.75, 3.05) is 23.0 Å². The van der Waals surface area contributed by atoms with Crippen molar-refractivity contribution in [2.24, 2.45) is 0 Å². The number of methoxy groups -OCH3 is 1. The van der Waals surface area contributed by atoms with E-state index in [4.69, 9.17) is 17.0 Å². The highest BCUT2D eigenvalue weighted by Crippen LogP contribution is 2.43. The van der Waals surface area contributed by atoms with E-state index >= 15 is 0 Å². The summed E-state index contributed by atoms with van der Waals surface area (Å²) in [5.74, 6) is 0.401. The van der Waals surface area contributed by atoms with E-state index in [1.165, 1.54) is 7.11 Å². The number of aromatic nitrogens is 2. The third-order valence-electron chi connectivity index (χ3n) is 5.69. The van der Waals surface area contributed by atoms with Gasteiger partial charge in [0.2, 0.25) is 10.0 Å². The van der Waals surface area contributed by atoms with Crippen LogP contribution >= 0.6 is 12.2 Å². The van der Waals surface area contributed by atoms with E-state index in [-0.39, 0.29) is 17.6 Å². The fourth-order valence-electron chi connectivity index (χ4n) is 4.09. The van der Waals surface area contributed by atoms with Gasteiger partial charge in [0.15, 0.2) is 5.11 Å². The van der Waals surface area contributed by atoms with Gasteiger partial charge in [-0.2, -0.15) is 0 Å². The van der Waals surface area contributed by atoms with Crippen LogP contribution < -0.4 is 19.7 Å². The zero-order valence-corrected chi connectivity index (χ0v) is 21.4. The van der Waals surface area contributed by atoms with Crippen LogP contribution in [0.3, 0.4) is 0 Å². The van der Waals surface area contributed by atoms with Crippen LogP contribution in [-0.4, -0.2) is 36.4 Å². The second kappa shape index (κ2) is 8.92. The molecule has 8 nitrogen and oxygen atoms in total. The molecule has 10 heteroatoms. The number of pyridine rings is 1. The quantitative estimate of drug-likeness (QED) is 0.492. The van der Waals surface area contributed by atoms with Gasteiger partial charge in [0.1, 0.15) is 5.75 Å². The van der Waals surface area contributed by atoms with Crippen molar-refractivity contribution >= 4 is 38.7 Å². The van der Waals surface area contributed by atoms with Crippen LogP contribution in [0.4, 0.5) is 11.4 Å². The fraction of sp³-hybridized carbons (Fsp3) is 0.333. The molecule has 2 atom stereocenters. The number of benzene rings is 1. The molecule has 0 bridgehead atoms. The van der Waals surface area contributed by atoms with Crippen molar-refractivity contribution in [3.63, 3.8) is 0 Å². The molecule has 1 saturated heterocycles. The third kappa shape index (κ3) is 4.88. The number of hydrogen-bond acceptors (Lipinski definition) is 5. The van der Waals surface area contributed by atoms with Gasteiger partial charge < -0.3 is 19.5 Å². The molecule has 34 heavy (non-hydrogen) atoms. The Labute approximate surface area is 206 Å². The van der Waals surface area contributed by atoms with Crippen molar-refractivity contribution in [3.05, 3.63) is 72.3 Å². The lowest BCUT2D eigenvalue weighted by atomic mass is 9.98. The molecule has 0 saturated carbocycles. The van der Waals surface area contributed by atoms with Gasteiger partial charge >= 0.3 is 0 Å². The molecule has 0 spiro atoms. The predicted molar refractivity (Wildman–Crippen MR) is 139 cm³/mol. The van der Waals surface area contributed by atoms with Gasteiger partial charge in [0.25, 0.3) is 0 Å². The molecule has 0 unspecified atom stereocenters. The number of thiocarbonyl (C=S) groups is 1. The Bertz CT molecular complexity index is 1300. The number of nitrogens with one attached hydrogen (secondary N) is 2. The van der Waals surface area contributed by atoms with Gasteiger partial charge in [-0.1, -0.05) is 6.07 Å². The summed E-state index contributed by atoms with van der Waals surface area (Å²) in [5.41, 5.74) is 3.03. The number of anilines is 2.